The first kappa shape index (κ1) is 14.3. The molecule has 5 nitrogen and oxygen atoms in total. The first-order valence-corrected chi connectivity index (χ1v) is 7.82. The van der Waals surface area contributed by atoms with Crippen molar-refractivity contribution in [2.24, 2.45) is 0 Å². The number of amides is 1. The Morgan fingerprint density at radius 2 is 2.29 bits per heavy atom. The number of hydrogen-bond donors (Lipinski definition) is 1. The van der Waals surface area contributed by atoms with Gasteiger partial charge in [0.05, 0.1) is 0 Å². The largest absolute Gasteiger partial charge is 0.368 e. The number of carbonyl (C=O) groups excluding carboxylic acids is 1. The molecule has 0 saturated carbocycles. The highest BCUT2D eigenvalue weighted by atomic mass is 16.5. The van der Waals surface area contributed by atoms with Crippen LogP contribution in [0.3, 0.4) is 0 Å². The maximum atomic E-state index is 12.1. The highest BCUT2D eigenvalue weighted by Gasteiger charge is 2.28. The predicted molar refractivity (Wildman–Crippen MR) is 79.3 cm³/mol. The molecule has 2 aliphatic rings. The third kappa shape index (κ3) is 2.88. The Kier molecular flexibility index (Phi) is 4.10. The molecule has 2 heterocycles. The van der Waals surface area contributed by atoms with Gasteiger partial charge in [-0.2, -0.15) is 0 Å². The van der Waals surface area contributed by atoms with Crippen LogP contribution in [0.15, 0.2) is 16.9 Å². The summed E-state index contributed by atoms with van der Waals surface area (Å²) >= 11 is 0. The van der Waals surface area contributed by atoms with Crippen molar-refractivity contribution in [3.8, 4) is 0 Å². The van der Waals surface area contributed by atoms with E-state index >= 15 is 0 Å². The Hall–Kier alpha value is -1.62. The van der Waals surface area contributed by atoms with E-state index < -0.39 is 0 Å². The van der Waals surface area contributed by atoms with Gasteiger partial charge in [0, 0.05) is 31.0 Å². The van der Waals surface area contributed by atoms with E-state index in [2.05, 4.69) is 5.32 Å². The van der Waals surface area contributed by atoms with Crippen molar-refractivity contribution in [2.45, 2.75) is 57.7 Å². The number of aromatic nitrogens is 1. The summed E-state index contributed by atoms with van der Waals surface area (Å²) in [6.45, 7) is 3.39. The molecule has 0 bridgehead atoms. The van der Waals surface area contributed by atoms with Crippen molar-refractivity contribution in [1.82, 2.24) is 9.88 Å². The van der Waals surface area contributed by atoms with Crippen molar-refractivity contribution >= 4 is 5.91 Å². The maximum absolute atomic E-state index is 12.1. The molecule has 1 saturated heterocycles. The Morgan fingerprint density at radius 1 is 1.43 bits per heavy atom. The normalized spacial score (nSPS) is 24.6. The number of hydrogen-bond acceptors (Lipinski definition) is 3. The van der Waals surface area contributed by atoms with Crippen LogP contribution in [0.1, 0.15) is 37.4 Å². The van der Waals surface area contributed by atoms with E-state index in [1.807, 2.05) is 17.6 Å². The third-order valence-electron chi connectivity index (χ3n) is 4.47. The number of rotatable bonds is 3. The first-order chi connectivity index (χ1) is 10.2. The van der Waals surface area contributed by atoms with Crippen LogP contribution in [-0.2, 0) is 28.9 Å². The van der Waals surface area contributed by atoms with Crippen molar-refractivity contribution in [3.63, 3.8) is 0 Å². The molecule has 1 unspecified atom stereocenters. The van der Waals surface area contributed by atoms with Gasteiger partial charge in [-0.15, -0.1) is 0 Å². The van der Waals surface area contributed by atoms with E-state index in [0.717, 1.165) is 37.8 Å². The maximum Gasteiger partial charge on any atom is 0.250 e. The summed E-state index contributed by atoms with van der Waals surface area (Å²) in [6.07, 6.45) is 4.05. The lowest BCUT2D eigenvalue weighted by molar-refractivity contribution is -0.130. The molecule has 21 heavy (non-hydrogen) atoms. The number of nitrogens with one attached hydrogen (secondary N) is 1. The molecule has 1 aliphatic carbocycles. The lowest BCUT2D eigenvalue weighted by Crippen LogP contribution is -2.44. The Balaban J connectivity index is 1.70. The molecule has 114 valence electrons. The molecule has 1 N–H and O–H groups in total. The van der Waals surface area contributed by atoms with Crippen LogP contribution in [0, 0.1) is 0 Å². The number of ether oxygens (including phenoxy) is 1. The zero-order valence-electron chi connectivity index (χ0n) is 12.4. The Morgan fingerprint density at radius 3 is 3.00 bits per heavy atom. The summed E-state index contributed by atoms with van der Waals surface area (Å²) in [5.74, 6) is 0.0183. The number of carbonyl (C=O) groups is 1. The van der Waals surface area contributed by atoms with Gasteiger partial charge in [0.1, 0.15) is 6.10 Å². The van der Waals surface area contributed by atoms with Crippen LogP contribution in [0.25, 0.3) is 0 Å². The standard InChI is InChI=1S/C16H22N2O3/c1-2-18-13-7-6-12(10-11(13)5-8-15(18)19)17-16(20)14-4-3-9-21-14/h5,8,12,14H,2-4,6-7,9-10H2,1H3,(H,17,20)/t12?,14-/m1/s1. The molecule has 1 aromatic rings. The first-order valence-electron chi connectivity index (χ1n) is 7.82. The molecular formula is C16H22N2O3. The summed E-state index contributed by atoms with van der Waals surface area (Å²) in [5, 5.41) is 3.10. The van der Waals surface area contributed by atoms with E-state index in [9.17, 15) is 9.59 Å². The molecular weight excluding hydrogens is 268 g/mol. The second-order valence-corrected chi connectivity index (χ2v) is 5.84. The minimum atomic E-state index is -0.268. The molecule has 5 heteroatoms. The van der Waals surface area contributed by atoms with E-state index in [4.69, 9.17) is 4.74 Å². The smallest absolute Gasteiger partial charge is 0.250 e. The second-order valence-electron chi connectivity index (χ2n) is 5.84. The highest BCUT2D eigenvalue weighted by molar-refractivity contribution is 5.81. The van der Waals surface area contributed by atoms with Crippen molar-refractivity contribution in [3.05, 3.63) is 33.7 Å². The Bertz CT molecular complexity index is 588. The lowest BCUT2D eigenvalue weighted by Gasteiger charge is -2.28. The van der Waals surface area contributed by atoms with Gasteiger partial charge >= 0.3 is 0 Å². The molecule has 1 aromatic heterocycles. The van der Waals surface area contributed by atoms with E-state index in [0.29, 0.717) is 13.2 Å². The Labute approximate surface area is 124 Å². The average molecular weight is 290 g/mol. The van der Waals surface area contributed by atoms with Gasteiger partial charge in [-0.3, -0.25) is 9.59 Å². The fraction of sp³-hybridized carbons (Fsp3) is 0.625. The summed E-state index contributed by atoms with van der Waals surface area (Å²) in [4.78, 5) is 23.9. The van der Waals surface area contributed by atoms with E-state index in [-0.39, 0.29) is 23.6 Å². The fourth-order valence-electron chi connectivity index (χ4n) is 3.37. The number of fused-ring (bicyclic) bond motifs is 1. The zero-order valence-corrected chi connectivity index (χ0v) is 12.4. The summed E-state index contributed by atoms with van der Waals surface area (Å²) in [5.41, 5.74) is 2.38. The van der Waals surface area contributed by atoms with Crippen LogP contribution in [0.5, 0.6) is 0 Å². The van der Waals surface area contributed by atoms with Crippen LogP contribution in [0.4, 0.5) is 0 Å². The van der Waals surface area contributed by atoms with Crippen molar-refractivity contribution < 1.29 is 9.53 Å². The quantitative estimate of drug-likeness (QED) is 0.904. The van der Waals surface area contributed by atoms with Gasteiger partial charge in [0.2, 0.25) is 5.91 Å². The second kappa shape index (κ2) is 6.02. The lowest BCUT2D eigenvalue weighted by atomic mass is 9.91. The van der Waals surface area contributed by atoms with Gasteiger partial charge in [0.15, 0.2) is 0 Å². The van der Waals surface area contributed by atoms with E-state index in [1.54, 1.807) is 6.07 Å². The van der Waals surface area contributed by atoms with Crippen LogP contribution < -0.4 is 10.9 Å². The monoisotopic (exact) mass is 290 g/mol. The van der Waals surface area contributed by atoms with Gasteiger partial charge in [-0.25, -0.2) is 0 Å². The highest BCUT2D eigenvalue weighted by Crippen LogP contribution is 2.21. The summed E-state index contributed by atoms with van der Waals surface area (Å²) < 4.78 is 7.26. The minimum Gasteiger partial charge on any atom is -0.368 e. The molecule has 0 spiro atoms. The van der Waals surface area contributed by atoms with Crippen LogP contribution in [-0.4, -0.2) is 29.2 Å². The molecule has 1 fully saturated rings. The summed E-state index contributed by atoms with van der Waals surface area (Å²) in [7, 11) is 0. The van der Waals surface area contributed by atoms with Gasteiger partial charge in [0.25, 0.3) is 5.56 Å². The van der Waals surface area contributed by atoms with Crippen LogP contribution in [0.2, 0.25) is 0 Å². The summed E-state index contributed by atoms with van der Waals surface area (Å²) in [6, 6.07) is 3.69. The van der Waals surface area contributed by atoms with Gasteiger partial charge in [-0.05, 0) is 44.6 Å². The van der Waals surface area contributed by atoms with Crippen molar-refractivity contribution in [1.29, 1.82) is 0 Å². The SMILES string of the molecule is CCn1c2c(ccc1=O)CC(NC(=O)[C@H]1CCCO1)CC2. The minimum absolute atomic E-state index is 0.0183. The topological polar surface area (TPSA) is 60.3 Å². The zero-order chi connectivity index (χ0) is 14.8. The molecule has 2 atom stereocenters. The molecule has 1 amide bonds. The van der Waals surface area contributed by atoms with E-state index in [1.165, 1.54) is 5.56 Å². The number of pyridine rings is 1. The van der Waals surface area contributed by atoms with Gasteiger partial charge in [-0.1, -0.05) is 6.07 Å². The molecule has 1 aliphatic heterocycles. The fourth-order valence-corrected chi connectivity index (χ4v) is 3.37. The molecule has 0 radical (unpaired) electrons. The van der Waals surface area contributed by atoms with Crippen molar-refractivity contribution in [2.75, 3.05) is 6.61 Å². The molecule has 3 rings (SSSR count). The third-order valence-corrected chi connectivity index (χ3v) is 4.47. The number of nitrogens with zero attached hydrogens (tertiary/aromatic N) is 1. The molecule has 0 aromatic carbocycles. The van der Waals surface area contributed by atoms with Crippen LogP contribution >= 0.6 is 0 Å². The predicted octanol–water partition coefficient (Wildman–Crippen LogP) is 1.02. The van der Waals surface area contributed by atoms with Gasteiger partial charge < -0.3 is 14.6 Å². The average Bonchev–Trinajstić information content (AvgIpc) is 3.02.